The molecule has 3 aromatic carbocycles. The largest absolute Gasteiger partial charge is 0.483 e. The number of amides is 1. The molecule has 1 amide bonds. The molecule has 0 aliphatic carbocycles. The zero-order valence-electron chi connectivity index (χ0n) is 16.6. The van der Waals surface area contributed by atoms with Crippen molar-refractivity contribution < 1.29 is 22.7 Å². The normalized spacial score (nSPS) is 11.4. The van der Waals surface area contributed by atoms with E-state index in [2.05, 4.69) is 22.9 Å². The number of anilines is 1. The smallest absolute Gasteiger partial charge is 0.418 e. The van der Waals surface area contributed by atoms with Crippen LogP contribution < -0.4 is 10.1 Å². The van der Waals surface area contributed by atoms with Crippen molar-refractivity contribution in [2.24, 2.45) is 0 Å². The van der Waals surface area contributed by atoms with Gasteiger partial charge in [-0.1, -0.05) is 30.3 Å². The van der Waals surface area contributed by atoms with E-state index < -0.39 is 17.6 Å². The van der Waals surface area contributed by atoms with Gasteiger partial charge in [0.05, 0.1) is 11.1 Å². The van der Waals surface area contributed by atoms with E-state index in [0.29, 0.717) is 5.69 Å². The number of pyridine rings is 1. The summed E-state index contributed by atoms with van der Waals surface area (Å²) < 4.78 is 45.1. The van der Waals surface area contributed by atoms with Crippen LogP contribution in [0.25, 0.3) is 22.0 Å². The lowest BCUT2D eigenvalue weighted by Crippen LogP contribution is -2.20. The molecule has 0 aliphatic heterocycles. The molecule has 0 aliphatic rings. The van der Waals surface area contributed by atoms with E-state index in [-0.39, 0.29) is 23.3 Å². The van der Waals surface area contributed by atoms with Crippen LogP contribution in [0.4, 0.5) is 18.9 Å². The minimum absolute atomic E-state index is 0.152. The maximum Gasteiger partial charge on any atom is 0.418 e. The highest BCUT2D eigenvalue weighted by Crippen LogP contribution is 2.36. The SMILES string of the molecule is O=C(COc1ccnc2c(C(F)(F)F)cccc12)Nc1ccc(-c2ccc(S)cc2)cc1. The Morgan fingerprint density at radius 3 is 2.25 bits per heavy atom. The average molecular weight is 454 g/mol. The zero-order valence-corrected chi connectivity index (χ0v) is 17.5. The van der Waals surface area contributed by atoms with Crippen LogP contribution in [0.15, 0.2) is 83.9 Å². The molecule has 1 heterocycles. The number of hydrogen-bond donors (Lipinski definition) is 2. The van der Waals surface area contributed by atoms with E-state index in [1.165, 1.54) is 24.4 Å². The number of nitrogens with zero attached hydrogens (tertiary/aromatic N) is 1. The molecule has 1 N–H and O–H groups in total. The molecule has 0 spiro atoms. The fraction of sp³-hybridized carbons (Fsp3) is 0.0833. The average Bonchev–Trinajstić information content (AvgIpc) is 2.78. The third-order valence-electron chi connectivity index (χ3n) is 4.76. The molecule has 32 heavy (non-hydrogen) atoms. The number of aromatic nitrogens is 1. The van der Waals surface area contributed by atoms with Crippen molar-refractivity contribution in [3.8, 4) is 16.9 Å². The van der Waals surface area contributed by atoms with Gasteiger partial charge in [-0.3, -0.25) is 9.78 Å². The molecule has 0 saturated carbocycles. The molecule has 8 heteroatoms. The second kappa shape index (κ2) is 8.92. The molecule has 4 rings (SSSR count). The van der Waals surface area contributed by atoms with Crippen LogP contribution in [-0.2, 0) is 11.0 Å². The molecule has 4 nitrogen and oxygen atoms in total. The Kier molecular flexibility index (Phi) is 6.05. The Morgan fingerprint density at radius 1 is 0.938 bits per heavy atom. The summed E-state index contributed by atoms with van der Waals surface area (Å²) in [7, 11) is 0. The van der Waals surface area contributed by atoms with Crippen molar-refractivity contribution in [1.29, 1.82) is 0 Å². The van der Waals surface area contributed by atoms with Gasteiger partial charge in [0.1, 0.15) is 5.75 Å². The maximum absolute atomic E-state index is 13.2. The van der Waals surface area contributed by atoms with Gasteiger partial charge in [-0.05, 0) is 53.6 Å². The molecule has 0 fully saturated rings. The lowest BCUT2D eigenvalue weighted by atomic mass is 10.1. The number of carbonyl (C=O) groups excluding carboxylic acids is 1. The van der Waals surface area contributed by atoms with Gasteiger partial charge in [-0.2, -0.15) is 13.2 Å². The monoisotopic (exact) mass is 454 g/mol. The van der Waals surface area contributed by atoms with Gasteiger partial charge in [0.2, 0.25) is 0 Å². The van der Waals surface area contributed by atoms with E-state index in [1.807, 2.05) is 36.4 Å². The van der Waals surface area contributed by atoms with Gasteiger partial charge in [0, 0.05) is 22.2 Å². The summed E-state index contributed by atoms with van der Waals surface area (Å²) in [6.07, 6.45) is -3.31. The van der Waals surface area contributed by atoms with E-state index >= 15 is 0 Å². The highest BCUT2D eigenvalue weighted by atomic mass is 32.1. The Bertz CT molecular complexity index is 1260. The maximum atomic E-state index is 13.2. The molecule has 0 atom stereocenters. The minimum Gasteiger partial charge on any atom is -0.483 e. The first-order valence-electron chi connectivity index (χ1n) is 9.58. The molecule has 0 radical (unpaired) electrons. The standard InChI is InChI=1S/C24H17F3N2O2S/c25-24(26,27)20-3-1-2-19-21(12-13-28-23(19)20)31-14-22(30)29-17-8-4-15(5-9-17)16-6-10-18(32)11-7-16/h1-13,32H,14H2,(H,29,30). The topological polar surface area (TPSA) is 51.2 Å². The third kappa shape index (κ3) is 4.86. The van der Waals surface area contributed by atoms with Crippen LogP contribution in [0, 0.1) is 0 Å². The number of halogens is 3. The molecule has 0 saturated heterocycles. The molecular weight excluding hydrogens is 437 g/mol. The molecule has 1 aromatic heterocycles. The van der Waals surface area contributed by atoms with Crippen LogP contribution in [0.1, 0.15) is 5.56 Å². The van der Waals surface area contributed by atoms with E-state index in [1.54, 1.807) is 12.1 Å². The van der Waals surface area contributed by atoms with Gasteiger partial charge in [0.15, 0.2) is 6.61 Å². The number of benzene rings is 3. The first-order valence-corrected chi connectivity index (χ1v) is 10.0. The predicted octanol–water partition coefficient (Wildman–Crippen LogP) is 6.23. The number of ether oxygens (including phenoxy) is 1. The van der Waals surface area contributed by atoms with E-state index in [0.717, 1.165) is 22.1 Å². The fourth-order valence-corrected chi connectivity index (χ4v) is 3.39. The number of carbonyl (C=O) groups is 1. The quantitative estimate of drug-likeness (QED) is 0.352. The van der Waals surface area contributed by atoms with Gasteiger partial charge >= 0.3 is 6.18 Å². The van der Waals surface area contributed by atoms with Gasteiger partial charge in [0.25, 0.3) is 5.91 Å². The van der Waals surface area contributed by atoms with Crippen LogP contribution in [0.5, 0.6) is 5.75 Å². The van der Waals surface area contributed by atoms with E-state index in [4.69, 9.17) is 4.74 Å². The summed E-state index contributed by atoms with van der Waals surface area (Å²) >= 11 is 4.27. The number of thiol groups is 1. The van der Waals surface area contributed by atoms with E-state index in [9.17, 15) is 18.0 Å². The molecular formula is C24H17F3N2O2S. The van der Waals surface area contributed by atoms with Crippen molar-refractivity contribution in [1.82, 2.24) is 4.98 Å². The summed E-state index contributed by atoms with van der Waals surface area (Å²) in [6.45, 7) is -0.361. The summed E-state index contributed by atoms with van der Waals surface area (Å²) in [5.41, 5.74) is 1.50. The number of rotatable bonds is 5. The molecule has 0 unspecified atom stereocenters. The molecule has 0 bridgehead atoms. The van der Waals surface area contributed by atoms with Gasteiger partial charge in [-0.25, -0.2) is 0 Å². The summed E-state index contributed by atoms with van der Waals surface area (Å²) in [4.78, 5) is 17.0. The second-order valence-electron chi connectivity index (χ2n) is 6.97. The van der Waals surface area contributed by atoms with Crippen LogP contribution in [0.2, 0.25) is 0 Å². The summed E-state index contributed by atoms with van der Waals surface area (Å²) in [5, 5.41) is 2.90. The third-order valence-corrected chi connectivity index (χ3v) is 5.06. The number of nitrogens with one attached hydrogen (secondary N) is 1. The van der Waals surface area contributed by atoms with Crippen LogP contribution >= 0.6 is 12.6 Å². The molecule has 4 aromatic rings. The lowest BCUT2D eigenvalue weighted by molar-refractivity contribution is -0.136. The van der Waals surface area contributed by atoms with Crippen molar-refractivity contribution in [3.63, 3.8) is 0 Å². The number of para-hydroxylation sites is 1. The highest BCUT2D eigenvalue weighted by Gasteiger charge is 2.33. The highest BCUT2D eigenvalue weighted by molar-refractivity contribution is 7.80. The van der Waals surface area contributed by atoms with Gasteiger partial charge in [-0.15, -0.1) is 12.6 Å². The fourth-order valence-electron chi connectivity index (χ4n) is 3.25. The first-order chi connectivity index (χ1) is 15.3. The number of hydrogen-bond acceptors (Lipinski definition) is 4. The Balaban J connectivity index is 1.43. The predicted molar refractivity (Wildman–Crippen MR) is 120 cm³/mol. The minimum atomic E-state index is -4.54. The summed E-state index contributed by atoms with van der Waals surface area (Å²) in [5.74, 6) is -0.284. The second-order valence-corrected chi connectivity index (χ2v) is 7.49. The lowest BCUT2D eigenvalue weighted by Gasteiger charge is -2.13. The van der Waals surface area contributed by atoms with Crippen molar-refractivity contribution in [2.45, 2.75) is 11.1 Å². The Labute approximate surface area is 187 Å². The molecule has 162 valence electrons. The van der Waals surface area contributed by atoms with Crippen molar-refractivity contribution in [2.75, 3.05) is 11.9 Å². The Morgan fingerprint density at radius 2 is 1.59 bits per heavy atom. The Hall–Kier alpha value is -3.52. The number of fused-ring (bicyclic) bond motifs is 1. The van der Waals surface area contributed by atoms with Crippen molar-refractivity contribution >= 4 is 35.1 Å². The van der Waals surface area contributed by atoms with Crippen LogP contribution in [0.3, 0.4) is 0 Å². The number of alkyl halides is 3. The summed E-state index contributed by atoms with van der Waals surface area (Å²) in [6, 6.07) is 20.1. The van der Waals surface area contributed by atoms with Gasteiger partial charge < -0.3 is 10.1 Å². The van der Waals surface area contributed by atoms with Crippen molar-refractivity contribution in [3.05, 3.63) is 84.6 Å². The van der Waals surface area contributed by atoms with Crippen LogP contribution in [-0.4, -0.2) is 17.5 Å². The zero-order chi connectivity index (χ0) is 22.7. The first kappa shape index (κ1) is 21.7.